The lowest BCUT2D eigenvalue weighted by molar-refractivity contribution is -0.171. The molecule has 2 aliphatic heterocycles. The van der Waals surface area contributed by atoms with Crippen molar-refractivity contribution in [2.24, 2.45) is 0 Å². The Bertz CT molecular complexity index is 1300. The number of nitrogens with zero attached hydrogens (tertiary/aromatic N) is 1. The van der Waals surface area contributed by atoms with E-state index in [0.717, 1.165) is 28.6 Å². The van der Waals surface area contributed by atoms with E-state index in [1.54, 1.807) is 0 Å². The number of hydrogen-bond acceptors (Lipinski definition) is 5. The highest BCUT2D eigenvalue weighted by Crippen LogP contribution is 2.51. The number of carbonyl (C=O) groups excluding carboxylic acids is 1. The first-order valence-electron chi connectivity index (χ1n) is 13.5. The van der Waals surface area contributed by atoms with Crippen LogP contribution >= 0.6 is 0 Å². The van der Waals surface area contributed by atoms with Gasteiger partial charge in [0.15, 0.2) is 0 Å². The van der Waals surface area contributed by atoms with Crippen LogP contribution in [0.25, 0.3) is 11.1 Å². The van der Waals surface area contributed by atoms with Gasteiger partial charge >= 0.3 is 7.12 Å². The maximum Gasteiger partial charge on any atom is 0.494 e. The Morgan fingerprint density at radius 1 is 0.868 bits per heavy atom. The van der Waals surface area contributed by atoms with Crippen molar-refractivity contribution in [3.05, 3.63) is 89.5 Å². The van der Waals surface area contributed by atoms with E-state index in [-0.39, 0.29) is 5.91 Å². The van der Waals surface area contributed by atoms with E-state index in [1.165, 1.54) is 16.2 Å². The van der Waals surface area contributed by atoms with Gasteiger partial charge in [-0.1, -0.05) is 72.8 Å². The second kappa shape index (κ2) is 9.06. The molecule has 0 saturated carbocycles. The van der Waals surface area contributed by atoms with Gasteiger partial charge in [0.2, 0.25) is 0 Å². The van der Waals surface area contributed by atoms with Crippen molar-refractivity contribution in [2.75, 3.05) is 13.2 Å². The lowest BCUT2D eigenvalue weighted by Gasteiger charge is -2.37. The highest BCUT2D eigenvalue weighted by atomic mass is 16.7. The molecule has 1 N–H and O–H groups in total. The predicted octanol–water partition coefficient (Wildman–Crippen LogP) is 4.40. The first-order valence-corrected chi connectivity index (χ1v) is 13.5. The van der Waals surface area contributed by atoms with Crippen LogP contribution in [0.4, 0.5) is 0 Å². The zero-order chi connectivity index (χ0) is 26.7. The quantitative estimate of drug-likeness (QED) is 0.516. The molecule has 3 aromatic carbocycles. The first-order chi connectivity index (χ1) is 18.1. The van der Waals surface area contributed by atoms with Gasteiger partial charge in [0.05, 0.1) is 35.9 Å². The van der Waals surface area contributed by atoms with E-state index in [4.69, 9.17) is 14.1 Å². The van der Waals surface area contributed by atoms with Crippen LogP contribution in [0.5, 0.6) is 0 Å². The van der Waals surface area contributed by atoms with Crippen molar-refractivity contribution >= 4 is 18.5 Å². The number of benzene rings is 3. The molecule has 0 spiro atoms. The third-order valence-corrected chi connectivity index (χ3v) is 8.62. The van der Waals surface area contributed by atoms with Crippen LogP contribution in [0.15, 0.2) is 72.8 Å². The molecule has 0 bridgehead atoms. The van der Waals surface area contributed by atoms with Gasteiger partial charge in [0.1, 0.15) is 0 Å². The molecule has 0 radical (unpaired) electrons. The van der Waals surface area contributed by atoms with Gasteiger partial charge in [0.25, 0.3) is 5.91 Å². The van der Waals surface area contributed by atoms with Gasteiger partial charge in [-0.2, -0.15) is 0 Å². The third kappa shape index (κ3) is 3.83. The number of hydroxylamine groups is 2. The van der Waals surface area contributed by atoms with E-state index in [2.05, 4.69) is 106 Å². The molecule has 6 rings (SSSR count). The molecule has 3 aromatic rings. The van der Waals surface area contributed by atoms with Crippen LogP contribution in [0.3, 0.4) is 0 Å². The highest BCUT2D eigenvalue weighted by Gasteiger charge is 2.52. The standard InChI is InChI=1S/C31H35BN2O4/c1-21(28(35)34-19-10-20-36-34)33-31(26-13-8-6-11-24(26)25-12-7-9-14-27(25)31)22-15-17-23(18-16-22)32-37-29(2,3)30(4,5)38-32/h6-9,11-18,21,33H,10,19-20H2,1-5H3. The number of fused-ring (bicyclic) bond motifs is 3. The number of rotatable bonds is 5. The summed E-state index contributed by atoms with van der Waals surface area (Å²) in [6.45, 7) is 11.4. The number of carbonyl (C=O) groups is 1. The monoisotopic (exact) mass is 510 g/mol. The molecule has 196 valence electrons. The maximum absolute atomic E-state index is 13.4. The van der Waals surface area contributed by atoms with Gasteiger partial charge in [-0.25, -0.2) is 5.06 Å². The molecule has 2 saturated heterocycles. The van der Waals surface area contributed by atoms with Crippen molar-refractivity contribution in [1.82, 2.24) is 10.4 Å². The minimum Gasteiger partial charge on any atom is -0.399 e. The average molecular weight is 510 g/mol. The fraction of sp³-hybridized carbons (Fsp3) is 0.387. The fourth-order valence-corrected chi connectivity index (χ4v) is 5.88. The number of nitrogens with one attached hydrogen (secondary N) is 1. The Balaban J connectivity index is 1.44. The number of hydrogen-bond donors (Lipinski definition) is 1. The first kappa shape index (κ1) is 25.3. The Morgan fingerprint density at radius 2 is 1.42 bits per heavy atom. The Hall–Kier alpha value is -2.97. The smallest absolute Gasteiger partial charge is 0.399 e. The summed E-state index contributed by atoms with van der Waals surface area (Å²) in [5, 5.41) is 5.28. The van der Waals surface area contributed by atoms with Crippen LogP contribution in [-0.4, -0.2) is 48.5 Å². The summed E-state index contributed by atoms with van der Waals surface area (Å²) in [7, 11) is -0.436. The Kier molecular flexibility index (Phi) is 6.04. The summed E-state index contributed by atoms with van der Waals surface area (Å²) >= 11 is 0. The molecule has 0 aromatic heterocycles. The molecule has 6 nitrogen and oxygen atoms in total. The molecule has 1 amide bonds. The van der Waals surface area contributed by atoms with E-state index >= 15 is 0 Å². The summed E-state index contributed by atoms with van der Waals surface area (Å²) in [4.78, 5) is 19.0. The van der Waals surface area contributed by atoms with Crippen molar-refractivity contribution in [1.29, 1.82) is 0 Å². The Morgan fingerprint density at radius 3 is 1.95 bits per heavy atom. The van der Waals surface area contributed by atoms with E-state index < -0.39 is 29.9 Å². The molecular weight excluding hydrogens is 475 g/mol. The summed E-state index contributed by atoms with van der Waals surface area (Å²) in [5.74, 6) is -0.0578. The predicted molar refractivity (Wildman–Crippen MR) is 149 cm³/mol. The van der Waals surface area contributed by atoms with E-state index in [0.29, 0.717) is 13.2 Å². The molecule has 3 aliphatic rings. The average Bonchev–Trinajstić information content (AvgIpc) is 3.59. The highest BCUT2D eigenvalue weighted by molar-refractivity contribution is 6.62. The molecular formula is C31H35BN2O4. The second-order valence-electron chi connectivity index (χ2n) is 11.5. The van der Waals surface area contributed by atoms with Crippen molar-refractivity contribution in [2.45, 2.75) is 63.8 Å². The summed E-state index contributed by atoms with van der Waals surface area (Å²) in [6.07, 6.45) is 0.857. The van der Waals surface area contributed by atoms with E-state index in [1.807, 2.05) is 6.92 Å². The van der Waals surface area contributed by atoms with Crippen LogP contribution in [0.1, 0.15) is 57.7 Å². The molecule has 2 heterocycles. The lowest BCUT2D eigenvalue weighted by Crippen LogP contribution is -2.53. The molecule has 38 heavy (non-hydrogen) atoms. The molecule has 1 unspecified atom stereocenters. The van der Waals surface area contributed by atoms with Crippen LogP contribution in [0, 0.1) is 0 Å². The van der Waals surface area contributed by atoms with Gasteiger partial charge in [-0.3, -0.25) is 14.9 Å². The van der Waals surface area contributed by atoms with Crippen LogP contribution in [0.2, 0.25) is 0 Å². The van der Waals surface area contributed by atoms with Gasteiger partial charge < -0.3 is 9.31 Å². The molecule has 1 atom stereocenters. The molecule has 7 heteroatoms. The normalized spacial score (nSPS) is 21.3. The van der Waals surface area contributed by atoms with Crippen molar-refractivity contribution in [3.63, 3.8) is 0 Å². The summed E-state index contributed by atoms with van der Waals surface area (Å²) < 4.78 is 12.6. The second-order valence-corrected chi connectivity index (χ2v) is 11.5. The van der Waals surface area contributed by atoms with Gasteiger partial charge in [0, 0.05) is 0 Å². The number of amides is 1. The zero-order valence-corrected chi connectivity index (χ0v) is 22.8. The molecule has 1 aliphatic carbocycles. The zero-order valence-electron chi connectivity index (χ0n) is 22.8. The Labute approximate surface area is 225 Å². The summed E-state index contributed by atoms with van der Waals surface area (Å²) in [6, 6.07) is 24.9. The van der Waals surface area contributed by atoms with Gasteiger partial charge in [-0.15, -0.1) is 0 Å². The topological polar surface area (TPSA) is 60.0 Å². The maximum atomic E-state index is 13.4. The van der Waals surface area contributed by atoms with Gasteiger partial charge in [-0.05, 0) is 74.3 Å². The SMILES string of the molecule is CC(NC1(c2ccc(B3OC(C)(C)C(C)(C)O3)cc2)c2ccccc2-c2ccccc21)C(=O)N1CCCO1. The fourth-order valence-electron chi connectivity index (χ4n) is 5.88. The van der Waals surface area contributed by atoms with Crippen LogP contribution in [-0.2, 0) is 24.5 Å². The third-order valence-electron chi connectivity index (χ3n) is 8.62. The minimum absolute atomic E-state index is 0.0578. The summed E-state index contributed by atoms with van der Waals surface area (Å²) in [5.41, 5.74) is 5.10. The molecule has 2 fully saturated rings. The minimum atomic E-state index is -0.712. The van der Waals surface area contributed by atoms with Crippen molar-refractivity contribution < 1.29 is 18.9 Å². The van der Waals surface area contributed by atoms with E-state index in [9.17, 15) is 4.79 Å². The largest absolute Gasteiger partial charge is 0.494 e. The van der Waals surface area contributed by atoms with Crippen LogP contribution < -0.4 is 10.8 Å². The van der Waals surface area contributed by atoms with Crippen molar-refractivity contribution in [3.8, 4) is 11.1 Å². The lowest BCUT2D eigenvalue weighted by atomic mass is 9.75.